The molecule has 2 aromatic rings. The molecule has 1 nitrogen and oxygen atoms in total. The van der Waals surface area contributed by atoms with Crippen LogP contribution in [0.25, 0.3) is 10.8 Å². The van der Waals surface area contributed by atoms with Crippen LogP contribution in [0.15, 0.2) is 42.5 Å². The first-order valence-corrected chi connectivity index (χ1v) is 5.38. The summed E-state index contributed by atoms with van der Waals surface area (Å²) in [7, 11) is 0. The van der Waals surface area contributed by atoms with E-state index in [2.05, 4.69) is 30.0 Å². The normalized spacial score (nSPS) is 11.6. The second-order valence-electron chi connectivity index (χ2n) is 3.63. The van der Waals surface area contributed by atoms with Crippen molar-refractivity contribution in [3.05, 3.63) is 42.5 Å². The molecule has 0 aliphatic heterocycles. The van der Waals surface area contributed by atoms with Gasteiger partial charge in [-0.3, -0.25) is 0 Å². The lowest BCUT2D eigenvalue weighted by Gasteiger charge is -2.11. The first-order chi connectivity index (χ1) is 7.81. The Morgan fingerprint density at radius 2 is 1.81 bits per heavy atom. The highest BCUT2D eigenvalue weighted by Gasteiger charge is 2.03. The molecule has 0 aromatic heterocycles. The van der Waals surface area contributed by atoms with E-state index >= 15 is 0 Å². The maximum atomic E-state index is 5.79. The minimum absolute atomic E-state index is 0.0733. The van der Waals surface area contributed by atoms with E-state index in [4.69, 9.17) is 4.74 Å². The Labute approximate surface area is 96.1 Å². The van der Waals surface area contributed by atoms with Gasteiger partial charge in [0.2, 0.25) is 0 Å². The van der Waals surface area contributed by atoms with Gasteiger partial charge in [-0.05, 0) is 25.3 Å². The standard InChI is InChI=1S/C15H14O/c1-3-7-12(2)16-15-11-6-9-13-8-4-5-10-14(13)15/h4-6,8-12H,1-2H3. The highest BCUT2D eigenvalue weighted by Crippen LogP contribution is 2.25. The third-order valence-electron chi connectivity index (χ3n) is 2.40. The second kappa shape index (κ2) is 4.72. The van der Waals surface area contributed by atoms with E-state index in [1.165, 1.54) is 5.39 Å². The van der Waals surface area contributed by atoms with Crippen molar-refractivity contribution in [3.8, 4) is 17.6 Å². The smallest absolute Gasteiger partial charge is 0.156 e. The lowest BCUT2D eigenvalue weighted by atomic mass is 10.1. The van der Waals surface area contributed by atoms with Gasteiger partial charge in [0.1, 0.15) is 5.75 Å². The van der Waals surface area contributed by atoms with Crippen LogP contribution in [0.5, 0.6) is 5.75 Å². The van der Waals surface area contributed by atoms with Gasteiger partial charge in [-0.2, -0.15) is 0 Å². The Morgan fingerprint density at radius 1 is 1.06 bits per heavy atom. The molecule has 1 unspecified atom stereocenters. The van der Waals surface area contributed by atoms with Crippen molar-refractivity contribution in [2.45, 2.75) is 20.0 Å². The summed E-state index contributed by atoms with van der Waals surface area (Å²) in [5.41, 5.74) is 0. The molecule has 80 valence electrons. The lowest BCUT2D eigenvalue weighted by molar-refractivity contribution is 0.282. The maximum Gasteiger partial charge on any atom is 0.156 e. The molecule has 0 saturated carbocycles. The molecule has 0 fully saturated rings. The number of fused-ring (bicyclic) bond motifs is 1. The van der Waals surface area contributed by atoms with Crippen LogP contribution in [0.2, 0.25) is 0 Å². The quantitative estimate of drug-likeness (QED) is 0.688. The summed E-state index contributed by atoms with van der Waals surface area (Å²) in [6.45, 7) is 3.78. The fourth-order valence-electron chi connectivity index (χ4n) is 1.72. The van der Waals surface area contributed by atoms with Crippen LogP contribution >= 0.6 is 0 Å². The Morgan fingerprint density at radius 3 is 2.62 bits per heavy atom. The average Bonchev–Trinajstić information content (AvgIpc) is 2.30. The Bertz CT molecular complexity index is 541. The fraction of sp³-hybridized carbons (Fsp3) is 0.200. The van der Waals surface area contributed by atoms with Gasteiger partial charge in [0.15, 0.2) is 6.10 Å². The van der Waals surface area contributed by atoms with Crippen LogP contribution < -0.4 is 4.74 Å². The van der Waals surface area contributed by atoms with E-state index in [-0.39, 0.29) is 6.10 Å². The Hall–Kier alpha value is -1.94. The zero-order valence-electron chi connectivity index (χ0n) is 9.53. The van der Waals surface area contributed by atoms with E-state index in [9.17, 15) is 0 Å². The predicted octanol–water partition coefficient (Wildman–Crippen LogP) is 3.63. The van der Waals surface area contributed by atoms with Gasteiger partial charge in [0.25, 0.3) is 0 Å². The summed E-state index contributed by atoms with van der Waals surface area (Å²) in [4.78, 5) is 0. The third kappa shape index (κ3) is 2.17. The molecule has 0 aliphatic rings. The highest BCUT2D eigenvalue weighted by atomic mass is 16.5. The number of hydrogen-bond donors (Lipinski definition) is 0. The number of ether oxygens (including phenoxy) is 1. The molecule has 16 heavy (non-hydrogen) atoms. The average molecular weight is 210 g/mol. The van der Waals surface area contributed by atoms with Crippen LogP contribution in [0.1, 0.15) is 13.8 Å². The van der Waals surface area contributed by atoms with Crippen LogP contribution in [0.3, 0.4) is 0 Å². The first-order valence-electron chi connectivity index (χ1n) is 5.38. The van der Waals surface area contributed by atoms with E-state index in [0.29, 0.717) is 0 Å². The first kappa shape index (κ1) is 10.6. The molecule has 0 heterocycles. The number of hydrogen-bond acceptors (Lipinski definition) is 1. The molecular formula is C15H14O. The highest BCUT2D eigenvalue weighted by molar-refractivity contribution is 5.88. The van der Waals surface area contributed by atoms with Crippen LogP contribution in [-0.4, -0.2) is 6.10 Å². The van der Waals surface area contributed by atoms with Crippen molar-refractivity contribution in [3.63, 3.8) is 0 Å². The van der Waals surface area contributed by atoms with Crippen molar-refractivity contribution < 1.29 is 4.74 Å². The van der Waals surface area contributed by atoms with Crippen molar-refractivity contribution in [1.29, 1.82) is 0 Å². The lowest BCUT2D eigenvalue weighted by Crippen LogP contribution is -2.08. The van der Waals surface area contributed by atoms with Crippen LogP contribution in [-0.2, 0) is 0 Å². The van der Waals surface area contributed by atoms with E-state index in [0.717, 1.165) is 11.1 Å². The van der Waals surface area contributed by atoms with Crippen molar-refractivity contribution >= 4 is 10.8 Å². The van der Waals surface area contributed by atoms with Gasteiger partial charge in [-0.25, -0.2) is 0 Å². The zero-order valence-corrected chi connectivity index (χ0v) is 9.53. The van der Waals surface area contributed by atoms with E-state index in [1.54, 1.807) is 0 Å². The molecule has 0 spiro atoms. The molecule has 0 bridgehead atoms. The molecule has 2 aromatic carbocycles. The van der Waals surface area contributed by atoms with Gasteiger partial charge in [-0.1, -0.05) is 42.3 Å². The summed E-state index contributed by atoms with van der Waals surface area (Å²) in [5, 5.41) is 2.33. The van der Waals surface area contributed by atoms with Gasteiger partial charge < -0.3 is 4.74 Å². The van der Waals surface area contributed by atoms with Gasteiger partial charge in [-0.15, -0.1) is 5.92 Å². The molecule has 0 amide bonds. The molecule has 0 N–H and O–H groups in total. The van der Waals surface area contributed by atoms with Gasteiger partial charge in [0, 0.05) is 5.39 Å². The Kier molecular flexibility index (Phi) is 3.12. The number of benzene rings is 2. The third-order valence-corrected chi connectivity index (χ3v) is 2.40. The molecular weight excluding hydrogens is 196 g/mol. The topological polar surface area (TPSA) is 9.23 Å². The summed E-state index contributed by atoms with van der Waals surface area (Å²) in [5.74, 6) is 6.74. The molecule has 2 rings (SSSR count). The Balaban J connectivity index is 2.39. The van der Waals surface area contributed by atoms with Crippen molar-refractivity contribution in [2.24, 2.45) is 0 Å². The SMILES string of the molecule is CC#CC(C)Oc1cccc2ccccc12. The molecule has 0 radical (unpaired) electrons. The number of rotatable bonds is 2. The monoisotopic (exact) mass is 210 g/mol. The largest absolute Gasteiger partial charge is 0.477 e. The van der Waals surface area contributed by atoms with Crippen LogP contribution in [0, 0.1) is 11.8 Å². The summed E-state index contributed by atoms with van der Waals surface area (Å²) in [6.07, 6.45) is -0.0733. The summed E-state index contributed by atoms with van der Waals surface area (Å²) >= 11 is 0. The zero-order chi connectivity index (χ0) is 11.4. The second-order valence-corrected chi connectivity index (χ2v) is 3.63. The minimum Gasteiger partial charge on any atom is -0.477 e. The fourth-order valence-corrected chi connectivity index (χ4v) is 1.72. The predicted molar refractivity (Wildman–Crippen MR) is 67.5 cm³/mol. The molecule has 0 aliphatic carbocycles. The van der Waals surface area contributed by atoms with E-state index in [1.807, 2.05) is 38.1 Å². The summed E-state index contributed by atoms with van der Waals surface area (Å²) < 4.78 is 5.79. The summed E-state index contributed by atoms with van der Waals surface area (Å²) in [6, 6.07) is 14.3. The van der Waals surface area contributed by atoms with Gasteiger partial charge in [0.05, 0.1) is 0 Å². The molecule has 0 saturated heterocycles. The van der Waals surface area contributed by atoms with E-state index < -0.39 is 0 Å². The molecule has 1 atom stereocenters. The molecule has 1 heteroatoms. The van der Waals surface area contributed by atoms with Crippen molar-refractivity contribution in [1.82, 2.24) is 0 Å². The van der Waals surface area contributed by atoms with Crippen molar-refractivity contribution in [2.75, 3.05) is 0 Å². The van der Waals surface area contributed by atoms with Crippen LogP contribution in [0.4, 0.5) is 0 Å². The minimum atomic E-state index is -0.0733. The van der Waals surface area contributed by atoms with Gasteiger partial charge >= 0.3 is 0 Å². The maximum absolute atomic E-state index is 5.79.